The van der Waals surface area contributed by atoms with Gasteiger partial charge in [-0.1, -0.05) is 25.1 Å². The van der Waals surface area contributed by atoms with Gasteiger partial charge in [-0.05, 0) is 31.6 Å². The Morgan fingerprint density at radius 1 is 1.20 bits per heavy atom. The minimum Gasteiger partial charge on any atom is -0.452 e. The zero-order valence-corrected chi connectivity index (χ0v) is 16.5. The normalized spacial score (nSPS) is 26.6. The maximum atomic E-state index is 15.3. The molecule has 164 valence electrons. The van der Waals surface area contributed by atoms with E-state index >= 15 is 4.39 Å². The van der Waals surface area contributed by atoms with Gasteiger partial charge in [-0.3, -0.25) is 14.5 Å². The van der Waals surface area contributed by atoms with Crippen molar-refractivity contribution in [2.24, 2.45) is 0 Å². The maximum absolute atomic E-state index is 15.3. The summed E-state index contributed by atoms with van der Waals surface area (Å²) in [5.74, 6) is -2.54. The number of rotatable bonds is 6. The Hall–Kier alpha value is -2.75. The Bertz CT molecular complexity index is 826. The summed E-state index contributed by atoms with van der Waals surface area (Å²) in [6.45, 7) is 3.23. The lowest BCUT2D eigenvalue weighted by Crippen LogP contribution is -2.55. The van der Waals surface area contributed by atoms with E-state index in [1.165, 1.54) is 24.3 Å². The van der Waals surface area contributed by atoms with Gasteiger partial charge in [-0.2, -0.15) is 13.2 Å². The largest absolute Gasteiger partial charge is 0.452 e. The second kappa shape index (κ2) is 8.95. The highest BCUT2D eigenvalue weighted by atomic mass is 19.4. The van der Waals surface area contributed by atoms with E-state index in [1.54, 1.807) is 6.07 Å². The van der Waals surface area contributed by atoms with Crippen molar-refractivity contribution in [2.75, 3.05) is 0 Å². The van der Waals surface area contributed by atoms with Gasteiger partial charge in [-0.25, -0.2) is 9.18 Å². The number of nitrogens with zero attached hydrogens (tertiary/aromatic N) is 1. The molecule has 2 rings (SSSR count). The number of allylic oxidation sites excluding steroid dienone is 1. The minimum atomic E-state index is -5.12. The molecule has 1 aliphatic heterocycles. The SMILES string of the molecule is CC[C@@]1(C(F)(F)F)OC(N(/C=C\C(C)=O)C(C)=O)[C@H](F)[C@@H]1OC(=O)c1ccccc1. The molecule has 10 heteroatoms. The molecule has 1 aromatic carbocycles. The van der Waals surface area contributed by atoms with Crippen LogP contribution in [-0.4, -0.2) is 52.8 Å². The Labute approximate surface area is 170 Å². The van der Waals surface area contributed by atoms with Crippen LogP contribution in [0, 0.1) is 0 Å². The highest BCUT2D eigenvalue weighted by Crippen LogP contribution is 2.49. The molecule has 1 aliphatic rings. The monoisotopic (exact) mass is 431 g/mol. The minimum absolute atomic E-state index is 0.0692. The molecular formula is C20H21F4NO5. The summed E-state index contributed by atoms with van der Waals surface area (Å²) in [5.41, 5.74) is -3.25. The van der Waals surface area contributed by atoms with Gasteiger partial charge in [0.1, 0.15) is 0 Å². The molecule has 1 unspecified atom stereocenters. The number of ketones is 1. The van der Waals surface area contributed by atoms with Crippen LogP contribution in [-0.2, 0) is 19.1 Å². The molecule has 30 heavy (non-hydrogen) atoms. The van der Waals surface area contributed by atoms with Crippen LogP contribution in [0.5, 0.6) is 0 Å². The lowest BCUT2D eigenvalue weighted by molar-refractivity contribution is -0.297. The molecule has 0 radical (unpaired) electrons. The van der Waals surface area contributed by atoms with Crippen LogP contribution in [0.3, 0.4) is 0 Å². The molecule has 1 amide bonds. The van der Waals surface area contributed by atoms with Crippen molar-refractivity contribution >= 4 is 17.7 Å². The molecule has 0 aliphatic carbocycles. The summed E-state index contributed by atoms with van der Waals surface area (Å²) < 4.78 is 67.2. The van der Waals surface area contributed by atoms with Gasteiger partial charge in [0.15, 0.2) is 24.3 Å². The number of hydrogen-bond donors (Lipinski definition) is 0. The number of carbonyl (C=O) groups excluding carboxylic acids is 3. The van der Waals surface area contributed by atoms with Crippen molar-refractivity contribution in [1.82, 2.24) is 4.90 Å². The van der Waals surface area contributed by atoms with E-state index in [1.807, 2.05) is 0 Å². The van der Waals surface area contributed by atoms with Crippen LogP contribution in [0.25, 0.3) is 0 Å². The second-order valence-electron chi connectivity index (χ2n) is 6.74. The number of amides is 1. The van der Waals surface area contributed by atoms with Crippen molar-refractivity contribution in [1.29, 1.82) is 0 Å². The van der Waals surface area contributed by atoms with Gasteiger partial charge in [0.2, 0.25) is 11.5 Å². The van der Waals surface area contributed by atoms with E-state index in [-0.39, 0.29) is 5.56 Å². The molecule has 1 aromatic rings. The third-order valence-electron chi connectivity index (χ3n) is 4.71. The highest BCUT2D eigenvalue weighted by Gasteiger charge is 2.71. The standard InChI is InChI=1S/C20H21F4NO5/c1-4-19(20(22,23)24)16(29-18(28)14-8-6-5-7-9-14)15(21)17(30-19)25(13(3)27)11-10-12(2)26/h5-11,15-17H,4H2,1-3H3/b11-10-/t15-,16+,17?,19-/m1/s1. The summed E-state index contributed by atoms with van der Waals surface area (Å²) in [4.78, 5) is 36.0. The Morgan fingerprint density at radius 3 is 2.27 bits per heavy atom. The van der Waals surface area contributed by atoms with Crippen LogP contribution in [0.2, 0.25) is 0 Å². The number of esters is 1. The maximum Gasteiger partial charge on any atom is 0.421 e. The molecule has 1 heterocycles. The van der Waals surface area contributed by atoms with Crippen LogP contribution >= 0.6 is 0 Å². The van der Waals surface area contributed by atoms with Crippen LogP contribution in [0.4, 0.5) is 17.6 Å². The third-order valence-corrected chi connectivity index (χ3v) is 4.71. The average Bonchev–Trinajstić information content (AvgIpc) is 2.95. The van der Waals surface area contributed by atoms with Gasteiger partial charge in [-0.15, -0.1) is 0 Å². The lowest BCUT2D eigenvalue weighted by Gasteiger charge is -2.34. The second-order valence-corrected chi connectivity index (χ2v) is 6.74. The quantitative estimate of drug-likeness (QED) is 0.391. The molecule has 0 N–H and O–H groups in total. The van der Waals surface area contributed by atoms with E-state index in [9.17, 15) is 27.6 Å². The first-order valence-corrected chi connectivity index (χ1v) is 9.07. The molecule has 1 fully saturated rings. The van der Waals surface area contributed by atoms with Crippen molar-refractivity contribution in [3.8, 4) is 0 Å². The predicted octanol–water partition coefficient (Wildman–Crippen LogP) is 3.57. The summed E-state index contributed by atoms with van der Waals surface area (Å²) in [5, 5.41) is 0. The van der Waals surface area contributed by atoms with E-state index in [4.69, 9.17) is 9.47 Å². The van der Waals surface area contributed by atoms with Crippen LogP contribution < -0.4 is 0 Å². The first kappa shape index (κ1) is 23.5. The fourth-order valence-corrected chi connectivity index (χ4v) is 3.15. The Morgan fingerprint density at radius 2 is 1.80 bits per heavy atom. The number of hydrogen-bond acceptors (Lipinski definition) is 5. The fraction of sp³-hybridized carbons (Fsp3) is 0.450. The molecule has 0 bridgehead atoms. The predicted molar refractivity (Wildman–Crippen MR) is 96.8 cm³/mol. The zero-order chi connectivity index (χ0) is 22.7. The smallest absolute Gasteiger partial charge is 0.421 e. The van der Waals surface area contributed by atoms with E-state index in [0.29, 0.717) is 4.90 Å². The number of ether oxygens (including phenoxy) is 2. The third kappa shape index (κ3) is 4.53. The van der Waals surface area contributed by atoms with Crippen molar-refractivity contribution in [2.45, 2.75) is 57.5 Å². The number of benzene rings is 1. The van der Waals surface area contributed by atoms with Gasteiger partial charge < -0.3 is 9.47 Å². The number of alkyl halides is 4. The van der Waals surface area contributed by atoms with Gasteiger partial charge in [0, 0.05) is 13.1 Å². The summed E-state index contributed by atoms with van der Waals surface area (Å²) in [6, 6.07) is 7.14. The number of halogens is 4. The highest BCUT2D eigenvalue weighted by molar-refractivity contribution is 5.89. The van der Waals surface area contributed by atoms with Gasteiger partial charge in [0.05, 0.1) is 5.56 Å². The Balaban J connectivity index is 2.47. The molecule has 1 saturated heterocycles. The molecule has 4 atom stereocenters. The fourth-order valence-electron chi connectivity index (χ4n) is 3.15. The molecule has 6 nitrogen and oxygen atoms in total. The summed E-state index contributed by atoms with van der Waals surface area (Å²) >= 11 is 0. The zero-order valence-electron chi connectivity index (χ0n) is 16.5. The molecule has 0 spiro atoms. The van der Waals surface area contributed by atoms with Crippen molar-refractivity contribution in [3.63, 3.8) is 0 Å². The Kier molecular flexibility index (Phi) is 7.02. The van der Waals surface area contributed by atoms with Crippen LogP contribution in [0.1, 0.15) is 37.6 Å². The first-order chi connectivity index (χ1) is 13.9. The van der Waals surface area contributed by atoms with Crippen molar-refractivity contribution < 1.29 is 41.4 Å². The topological polar surface area (TPSA) is 72.9 Å². The van der Waals surface area contributed by atoms with E-state index < -0.39 is 54.4 Å². The lowest BCUT2D eigenvalue weighted by atomic mass is 9.91. The molecule has 0 saturated carbocycles. The average molecular weight is 431 g/mol. The summed E-state index contributed by atoms with van der Waals surface area (Å²) in [7, 11) is 0. The van der Waals surface area contributed by atoms with Crippen molar-refractivity contribution in [3.05, 3.63) is 48.2 Å². The number of carbonyl (C=O) groups is 3. The van der Waals surface area contributed by atoms with Gasteiger partial charge in [0.25, 0.3) is 0 Å². The molecule has 0 aromatic heterocycles. The van der Waals surface area contributed by atoms with E-state index in [2.05, 4.69) is 0 Å². The van der Waals surface area contributed by atoms with Gasteiger partial charge >= 0.3 is 12.1 Å². The first-order valence-electron chi connectivity index (χ1n) is 9.07. The van der Waals surface area contributed by atoms with Crippen LogP contribution in [0.15, 0.2) is 42.6 Å². The molecular weight excluding hydrogens is 410 g/mol. The van der Waals surface area contributed by atoms with E-state index in [0.717, 1.165) is 33.0 Å². The summed E-state index contributed by atoms with van der Waals surface area (Å²) in [6.07, 6.45) is -11.1.